The van der Waals surface area contributed by atoms with Gasteiger partial charge in [0.15, 0.2) is 6.10 Å². The summed E-state index contributed by atoms with van der Waals surface area (Å²) in [6, 6.07) is 14.5. The van der Waals surface area contributed by atoms with Crippen LogP contribution < -0.4 is 10.1 Å². The van der Waals surface area contributed by atoms with Gasteiger partial charge in [0.05, 0.1) is 6.04 Å². The topological polar surface area (TPSA) is 38.3 Å². The molecule has 0 radical (unpaired) electrons. The number of nitrogens with one attached hydrogen (secondary N) is 1. The number of aryl methyl sites for hydroxylation is 3. The third kappa shape index (κ3) is 4.46. The summed E-state index contributed by atoms with van der Waals surface area (Å²) < 4.78 is 5.82. The second-order valence-electron chi connectivity index (χ2n) is 7.28. The number of rotatable bonds is 6. The monoisotopic (exact) mass is 351 g/mol. The van der Waals surface area contributed by atoms with Crippen molar-refractivity contribution in [1.82, 2.24) is 5.32 Å². The molecule has 0 unspecified atom stereocenters. The van der Waals surface area contributed by atoms with Gasteiger partial charge in [-0.1, -0.05) is 37.3 Å². The van der Waals surface area contributed by atoms with Gasteiger partial charge in [0.25, 0.3) is 5.91 Å². The number of hydrogen-bond acceptors (Lipinski definition) is 2. The highest BCUT2D eigenvalue weighted by atomic mass is 16.5. The Morgan fingerprint density at radius 1 is 1.12 bits per heavy atom. The maximum absolute atomic E-state index is 12.6. The van der Waals surface area contributed by atoms with Crippen molar-refractivity contribution in [3.63, 3.8) is 0 Å². The summed E-state index contributed by atoms with van der Waals surface area (Å²) in [7, 11) is 0. The number of carbonyl (C=O) groups is 1. The maximum Gasteiger partial charge on any atom is 0.261 e. The average molecular weight is 351 g/mol. The van der Waals surface area contributed by atoms with Gasteiger partial charge in [0.1, 0.15) is 5.75 Å². The Bertz CT molecular complexity index is 769. The third-order valence-electron chi connectivity index (χ3n) is 5.17. The minimum atomic E-state index is -0.525. The van der Waals surface area contributed by atoms with E-state index < -0.39 is 6.10 Å². The normalized spacial score (nSPS) is 15.7. The van der Waals surface area contributed by atoms with Crippen LogP contribution in [0.2, 0.25) is 0 Å². The van der Waals surface area contributed by atoms with Gasteiger partial charge < -0.3 is 10.1 Å². The summed E-state index contributed by atoms with van der Waals surface area (Å²) in [6.07, 6.45) is 5.22. The smallest absolute Gasteiger partial charge is 0.261 e. The first-order valence-electron chi connectivity index (χ1n) is 9.72. The Kier molecular flexibility index (Phi) is 5.97. The van der Waals surface area contributed by atoms with E-state index in [0.29, 0.717) is 0 Å². The van der Waals surface area contributed by atoms with Gasteiger partial charge in [0.2, 0.25) is 0 Å². The zero-order valence-corrected chi connectivity index (χ0v) is 16.0. The van der Waals surface area contributed by atoms with Crippen LogP contribution in [0.5, 0.6) is 5.75 Å². The van der Waals surface area contributed by atoms with Crippen molar-refractivity contribution in [1.29, 1.82) is 0 Å². The molecule has 138 valence electrons. The molecular formula is C23H29NO2. The van der Waals surface area contributed by atoms with Crippen molar-refractivity contribution < 1.29 is 9.53 Å². The van der Waals surface area contributed by atoms with Crippen LogP contribution in [0.4, 0.5) is 0 Å². The average Bonchev–Trinajstić information content (AvgIpc) is 2.65. The molecule has 3 nitrogen and oxygen atoms in total. The summed E-state index contributed by atoms with van der Waals surface area (Å²) in [5.74, 6) is 0.658. The van der Waals surface area contributed by atoms with E-state index in [1.807, 2.05) is 31.2 Å². The molecule has 0 spiro atoms. The standard InChI is InChI=1S/C23H29NO2/c1-4-22(20-13-12-18-9-5-6-10-19(18)15-20)24-23(25)17(3)26-21-11-7-8-16(2)14-21/h7-8,11-15,17,22H,4-6,9-10H2,1-3H3,(H,24,25)/t17-,22-/m0/s1. The predicted octanol–water partition coefficient (Wildman–Crippen LogP) is 4.91. The van der Waals surface area contributed by atoms with Gasteiger partial charge in [0, 0.05) is 0 Å². The highest BCUT2D eigenvalue weighted by Gasteiger charge is 2.20. The zero-order chi connectivity index (χ0) is 18.5. The van der Waals surface area contributed by atoms with Crippen LogP contribution in [0, 0.1) is 6.92 Å². The molecular weight excluding hydrogens is 322 g/mol. The molecule has 1 aliphatic carbocycles. The Hall–Kier alpha value is -2.29. The molecule has 0 fully saturated rings. The summed E-state index contributed by atoms with van der Waals surface area (Å²) in [5.41, 5.74) is 5.24. The van der Waals surface area contributed by atoms with Crippen molar-refractivity contribution in [3.05, 3.63) is 64.7 Å². The van der Waals surface area contributed by atoms with Crippen molar-refractivity contribution >= 4 is 5.91 Å². The second kappa shape index (κ2) is 8.39. The number of carbonyl (C=O) groups excluding carboxylic acids is 1. The van der Waals surface area contributed by atoms with Crippen molar-refractivity contribution in [2.24, 2.45) is 0 Å². The number of fused-ring (bicyclic) bond motifs is 1. The lowest BCUT2D eigenvalue weighted by Crippen LogP contribution is -2.38. The van der Waals surface area contributed by atoms with E-state index >= 15 is 0 Å². The van der Waals surface area contributed by atoms with Gasteiger partial charge in [-0.15, -0.1) is 0 Å². The number of ether oxygens (including phenoxy) is 1. The molecule has 3 heteroatoms. The molecule has 0 aliphatic heterocycles. The summed E-state index contributed by atoms with van der Waals surface area (Å²) in [5, 5.41) is 3.16. The van der Waals surface area contributed by atoms with E-state index in [1.165, 1.54) is 36.0 Å². The minimum Gasteiger partial charge on any atom is -0.481 e. The van der Waals surface area contributed by atoms with Gasteiger partial charge in [-0.2, -0.15) is 0 Å². The van der Waals surface area contributed by atoms with Gasteiger partial charge >= 0.3 is 0 Å². The molecule has 1 amide bonds. The molecule has 3 rings (SSSR count). The van der Waals surface area contributed by atoms with Crippen LogP contribution in [-0.4, -0.2) is 12.0 Å². The Morgan fingerprint density at radius 2 is 1.88 bits per heavy atom. The number of hydrogen-bond donors (Lipinski definition) is 1. The van der Waals surface area contributed by atoms with Crippen LogP contribution >= 0.6 is 0 Å². The third-order valence-corrected chi connectivity index (χ3v) is 5.17. The predicted molar refractivity (Wildman–Crippen MR) is 106 cm³/mol. The van der Waals surface area contributed by atoms with Crippen LogP contribution in [0.1, 0.15) is 61.4 Å². The van der Waals surface area contributed by atoms with E-state index in [9.17, 15) is 4.79 Å². The van der Waals surface area contributed by atoms with E-state index in [1.54, 1.807) is 6.92 Å². The summed E-state index contributed by atoms with van der Waals surface area (Å²) >= 11 is 0. The zero-order valence-electron chi connectivity index (χ0n) is 16.0. The lowest BCUT2D eigenvalue weighted by Gasteiger charge is -2.23. The van der Waals surface area contributed by atoms with Gasteiger partial charge in [-0.3, -0.25) is 4.79 Å². The molecule has 0 saturated carbocycles. The first kappa shape index (κ1) is 18.5. The first-order chi connectivity index (χ1) is 12.6. The SMILES string of the molecule is CC[C@H](NC(=O)[C@H](C)Oc1cccc(C)c1)c1ccc2c(c1)CCCC2. The van der Waals surface area contributed by atoms with Crippen LogP contribution in [-0.2, 0) is 17.6 Å². The molecule has 0 bridgehead atoms. The molecule has 26 heavy (non-hydrogen) atoms. The molecule has 1 aliphatic rings. The van der Waals surface area contributed by atoms with E-state index in [2.05, 4.69) is 30.4 Å². The van der Waals surface area contributed by atoms with Crippen molar-refractivity contribution in [3.8, 4) is 5.75 Å². The Labute approximate surface area is 156 Å². The van der Waals surface area contributed by atoms with Crippen LogP contribution in [0.3, 0.4) is 0 Å². The summed E-state index contributed by atoms with van der Waals surface area (Å²) in [4.78, 5) is 12.6. The molecule has 0 aromatic heterocycles. The lowest BCUT2D eigenvalue weighted by atomic mass is 9.89. The lowest BCUT2D eigenvalue weighted by molar-refractivity contribution is -0.128. The minimum absolute atomic E-state index is 0.0262. The van der Waals surface area contributed by atoms with E-state index in [-0.39, 0.29) is 11.9 Å². The molecule has 2 aromatic rings. The number of benzene rings is 2. The van der Waals surface area contributed by atoms with Crippen molar-refractivity contribution in [2.45, 2.75) is 65.0 Å². The Balaban J connectivity index is 1.66. The van der Waals surface area contributed by atoms with Crippen LogP contribution in [0.15, 0.2) is 42.5 Å². The molecule has 2 aromatic carbocycles. The van der Waals surface area contributed by atoms with Gasteiger partial charge in [-0.25, -0.2) is 0 Å². The molecule has 0 heterocycles. The Morgan fingerprint density at radius 3 is 2.62 bits per heavy atom. The van der Waals surface area contributed by atoms with E-state index in [4.69, 9.17) is 4.74 Å². The molecule has 1 N–H and O–H groups in total. The van der Waals surface area contributed by atoms with Gasteiger partial charge in [-0.05, 0) is 80.3 Å². The fourth-order valence-corrected chi connectivity index (χ4v) is 3.63. The van der Waals surface area contributed by atoms with Crippen molar-refractivity contribution in [2.75, 3.05) is 0 Å². The highest BCUT2D eigenvalue weighted by Crippen LogP contribution is 2.26. The summed E-state index contributed by atoms with van der Waals surface area (Å²) in [6.45, 7) is 5.93. The molecule has 2 atom stereocenters. The maximum atomic E-state index is 12.6. The first-order valence-corrected chi connectivity index (χ1v) is 9.72. The molecule has 0 saturated heterocycles. The fraction of sp³-hybridized carbons (Fsp3) is 0.435. The largest absolute Gasteiger partial charge is 0.481 e. The van der Waals surface area contributed by atoms with Crippen LogP contribution in [0.25, 0.3) is 0 Å². The fourth-order valence-electron chi connectivity index (χ4n) is 3.63. The second-order valence-corrected chi connectivity index (χ2v) is 7.28. The quantitative estimate of drug-likeness (QED) is 0.803. The number of amides is 1. The highest BCUT2D eigenvalue weighted by molar-refractivity contribution is 5.81. The van der Waals surface area contributed by atoms with E-state index in [0.717, 1.165) is 24.2 Å².